The molecule has 2 nitrogen and oxygen atoms in total. The zero-order chi connectivity index (χ0) is 15.5. The van der Waals surface area contributed by atoms with E-state index in [0.717, 1.165) is 32.2 Å². The fraction of sp³-hybridized carbons (Fsp3) is 0.0556. The number of halogens is 2. The Morgan fingerprint density at radius 1 is 1.09 bits per heavy atom. The maximum absolute atomic E-state index is 6.10. The third kappa shape index (κ3) is 3.01. The highest BCUT2D eigenvalue weighted by Gasteiger charge is 2.06. The van der Waals surface area contributed by atoms with Crippen molar-refractivity contribution in [2.75, 3.05) is 7.11 Å². The summed E-state index contributed by atoms with van der Waals surface area (Å²) in [6.45, 7) is 0. The van der Waals surface area contributed by atoms with Crippen molar-refractivity contribution in [2.45, 2.75) is 0 Å². The molecule has 0 bridgehead atoms. The summed E-state index contributed by atoms with van der Waals surface area (Å²) in [4.78, 5) is 4.53. The SMILES string of the molecule is COc1ccc2ccccc2c1C=Nc1ccc(Br)c(Cl)c1. The first-order chi connectivity index (χ1) is 10.7. The lowest BCUT2D eigenvalue weighted by molar-refractivity contribution is 0.415. The third-order valence-electron chi connectivity index (χ3n) is 3.40. The van der Waals surface area contributed by atoms with Gasteiger partial charge in [-0.25, -0.2) is 0 Å². The van der Waals surface area contributed by atoms with Gasteiger partial charge in [0, 0.05) is 16.3 Å². The molecule has 22 heavy (non-hydrogen) atoms. The van der Waals surface area contributed by atoms with Crippen LogP contribution in [0.15, 0.2) is 64.1 Å². The lowest BCUT2D eigenvalue weighted by Gasteiger charge is -2.08. The molecule has 110 valence electrons. The quantitative estimate of drug-likeness (QED) is 0.514. The maximum atomic E-state index is 6.10. The van der Waals surface area contributed by atoms with Crippen molar-refractivity contribution >= 4 is 50.2 Å². The van der Waals surface area contributed by atoms with Crippen LogP contribution in [0.1, 0.15) is 5.56 Å². The van der Waals surface area contributed by atoms with Gasteiger partial charge in [0.05, 0.1) is 17.8 Å². The Morgan fingerprint density at radius 2 is 1.91 bits per heavy atom. The van der Waals surface area contributed by atoms with E-state index in [1.54, 1.807) is 7.11 Å². The molecule has 0 heterocycles. The lowest BCUT2D eigenvalue weighted by atomic mass is 10.0. The summed E-state index contributed by atoms with van der Waals surface area (Å²) >= 11 is 9.48. The molecule has 0 aromatic heterocycles. The summed E-state index contributed by atoms with van der Waals surface area (Å²) in [6, 6.07) is 17.8. The van der Waals surface area contributed by atoms with Crippen LogP contribution in [-0.2, 0) is 0 Å². The summed E-state index contributed by atoms with van der Waals surface area (Å²) in [7, 11) is 1.66. The molecule has 0 unspecified atom stereocenters. The second kappa shape index (κ2) is 6.51. The van der Waals surface area contributed by atoms with Crippen molar-refractivity contribution in [3.05, 3.63) is 69.7 Å². The molecule has 0 aliphatic heterocycles. The minimum absolute atomic E-state index is 0.638. The fourth-order valence-electron chi connectivity index (χ4n) is 2.29. The van der Waals surface area contributed by atoms with E-state index in [0.29, 0.717) is 5.02 Å². The summed E-state index contributed by atoms with van der Waals surface area (Å²) in [5.41, 5.74) is 1.75. The van der Waals surface area contributed by atoms with Gasteiger partial charge in [-0.1, -0.05) is 41.9 Å². The molecule has 3 aromatic rings. The normalized spacial score (nSPS) is 11.2. The number of rotatable bonds is 3. The van der Waals surface area contributed by atoms with Gasteiger partial charge in [-0.3, -0.25) is 4.99 Å². The van der Waals surface area contributed by atoms with Crippen molar-refractivity contribution in [3.8, 4) is 5.75 Å². The number of benzene rings is 3. The molecule has 0 fully saturated rings. The van der Waals surface area contributed by atoms with Crippen LogP contribution in [0.2, 0.25) is 5.02 Å². The average molecular weight is 375 g/mol. The van der Waals surface area contributed by atoms with Gasteiger partial charge in [-0.05, 0) is 51.0 Å². The molecular weight excluding hydrogens is 362 g/mol. The topological polar surface area (TPSA) is 21.6 Å². The average Bonchev–Trinajstić information content (AvgIpc) is 2.55. The Kier molecular flexibility index (Phi) is 4.46. The van der Waals surface area contributed by atoms with E-state index in [9.17, 15) is 0 Å². The molecule has 0 spiro atoms. The van der Waals surface area contributed by atoms with E-state index in [2.05, 4.69) is 33.1 Å². The number of aliphatic imine (C=N–C) groups is 1. The van der Waals surface area contributed by atoms with Gasteiger partial charge in [0.25, 0.3) is 0 Å². The lowest BCUT2D eigenvalue weighted by Crippen LogP contribution is -1.92. The number of methoxy groups -OCH3 is 1. The minimum Gasteiger partial charge on any atom is -0.496 e. The third-order valence-corrected chi connectivity index (χ3v) is 4.63. The van der Waals surface area contributed by atoms with Crippen molar-refractivity contribution in [3.63, 3.8) is 0 Å². The van der Waals surface area contributed by atoms with Gasteiger partial charge in [-0.15, -0.1) is 0 Å². The summed E-state index contributed by atoms with van der Waals surface area (Å²) in [5, 5.41) is 2.90. The van der Waals surface area contributed by atoms with E-state index in [1.165, 1.54) is 0 Å². The first-order valence-corrected chi connectivity index (χ1v) is 7.91. The van der Waals surface area contributed by atoms with E-state index in [4.69, 9.17) is 16.3 Å². The Bertz CT molecular complexity index is 861. The number of ether oxygens (including phenoxy) is 1. The standard InChI is InChI=1S/C18H13BrClNO/c1-22-18-9-6-12-4-2-3-5-14(12)15(18)11-21-13-7-8-16(19)17(20)10-13/h2-11H,1H3. The summed E-state index contributed by atoms with van der Waals surface area (Å²) in [6.07, 6.45) is 1.82. The van der Waals surface area contributed by atoms with Crippen molar-refractivity contribution in [1.29, 1.82) is 0 Å². The molecule has 0 aliphatic rings. The van der Waals surface area contributed by atoms with Gasteiger partial charge < -0.3 is 4.74 Å². The van der Waals surface area contributed by atoms with Crippen molar-refractivity contribution in [1.82, 2.24) is 0 Å². The predicted molar refractivity (Wildman–Crippen MR) is 96.9 cm³/mol. The predicted octanol–water partition coefficient (Wildman–Crippen LogP) is 6.01. The first kappa shape index (κ1) is 15.1. The van der Waals surface area contributed by atoms with Crippen molar-refractivity contribution in [2.24, 2.45) is 4.99 Å². The number of hydrogen-bond donors (Lipinski definition) is 0. The highest BCUT2D eigenvalue weighted by Crippen LogP contribution is 2.29. The molecule has 3 rings (SSSR count). The second-order valence-corrected chi connectivity index (χ2v) is 6.02. The van der Waals surface area contributed by atoms with Crippen LogP contribution in [-0.4, -0.2) is 13.3 Å². The zero-order valence-electron chi connectivity index (χ0n) is 11.9. The molecule has 0 N–H and O–H groups in total. The number of nitrogens with zero attached hydrogens (tertiary/aromatic N) is 1. The maximum Gasteiger partial charge on any atom is 0.128 e. The minimum atomic E-state index is 0.638. The highest BCUT2D eigenvalue weighted by molar-refractivity contribution is 9.10. The smallest absolute Gasteiger partial charge is 0.128 e. The van der Waals surface area contributed by atoms with E-state index in [1.807, 2.05) is 48.7 Å². The van der Waals surface area contributed by atoms with Crippen LogP contribution < -0.4 is 4.74 Å². The molecule has 0 radical (unpaired) electrons. The van der Waals surface area contributed by atoms with Gasteiger partial charge in [0.1, 0.15) is 5.75 Å². The van der Waals surface area contributed by atoms with Crippen LogP contribution in [0, 0.1) is 0 Å². The second-order valence-electron chi connectivity index (χ2n) is 4.76. The van der Waals surface area contributed by atoms with E-state index >= 15 is 0 Å². The molecule has 3 aromatic carbocycles. The van der Waals surface area contributed by atoms with Crippen molar-refractivity contribution < 1.29 is 4.74 Å². The monoisotopic (exact) mass is 373 g/mol. The van der Waals surface area contributed by atoms with Gasteiger partial charge >= 0.3 is 0 Å². The molecule has 0 amide bonds. The van der Waals surface area contributed by atoms with E-state index < -0.39 is 0 Å². The number of hydrogen-bond acceptors (Lipinski definition) is 2. The summed E-state index contributed by atoms with van der Waals surface area (Å²) in [5.74, 6) is 0.797. The van der Waals surface area contributed by atoms with E-state index in [-0.39, 0.29) is 0 Å². The Morgan fingerprint density at radius 3 is 2.68 bits per heavy atom. The molecule has 0 atom stereocenters. The largest absolute Gasteiger partial charge is 0.496 e. The van der Waals surface area contributed by atoms with Crippen LogP contribution in [0.3, 0.4) is 0 Å². The molecule has 0 saturated heterocycles. The van der Waals surface area contributed by atoms with Gasteiger partial charge in [0.15, 0.2) is 0 Å². The van der Waals surface area contributed by atoms with Crippen LogP contribution in [0.4, 0.5) is 5.69 Å². The number of fused-ring (bicyclic) bond motifs is 1. The van der Waals surface area contributed by atoms with Gasteiger partial charge in [-0.2, -0.15) is 0 Å². The molecule has 0 saturated carbocycles. The summed E-state index contributed by atoms with van der Waals surface area (Å²) < 4.78 is 6.32. The molecule has 0 aliphatic carbocycles. The van der Waals surface area contributed by atoms with Gasteiger partial charge in [0.2, 0.25) is 0 Å². The Balaban J connectivity index is 2.08. The first-order valence-electron chi connectivity index (χ1n) is 6.74. The fourth-order valence-corrected chi connectivity index (χ4v) is 2.71. The van der Waals surface area contributed by atoms with Crippen LogP contribution in [0.25, 0.3) is 10.8 Å². The Hall–Kier alpha value is -1.84. The van der Waals surface area contributed by atoms with Crippen LogP contribution >= 0.6 is 27.5 Å². The molecule has 4 heteroatoms. The Labute approximate surface area is 142 Å². The van der Waals surface area contributed by atoms with Crippen LogP contribution in [0.5, 0.6) is 5.75 Å². The molecular formula is C18H13BrClNO. The zero-order valence-corrected chi connectivity index (χ0v) is 14.2. The highest BCUT2D eigenvalue weighted by atomic mass is 79.9.